The van der Waals surface area contributed by atoms with E-state index in [1.165, 1.54) is 12.3 Å². The van der Waals surface area contributed by atoms with Crippen LogP contribution in [0.25, 0.3) is 33.1 Å². The minimum absolute atomic E-state index is 0.0342. The topological polar surface area (TPSA) is 131 Å². The van der Waals surface area contributed by atoms with Crippen molar-refractivity contribution in [2.45, 2.75) is 25.2 Å². The van der Waals surface area contributed by atoms with Gasteiger partial charge < -0.3 is 20.4 Å². The van der Waals surface area contributed by atoms with Crippen LogP contribution in [0.5, 0.6) is 0 Å². The van der Waals surface area contributed by atoms with Crippen LogP contribution in [0.15, 0.2) is 47.4 Å². The van der Waals surface area contributed by atoms with Crippen LogP contribution in [0.2, 0.25) is 0 Å². The van der Waals surface area contributed by atoms with Gasteiger partial charge in [-0.25, -0.2) is 18.6 Å². The first-order valence-corrected chi connectivity index (χ1v) is 11.7. The maximum atomic E-state index is 14.2. The number of hydrogen-bond acceptors (Lipinski definition) is 7. The van der Waals surface area contributed by atoms with Gasteiger partial charge in [0.25, 0.3) is 5.91 Å². The second kappa shape index (κ2) is 9.23. The molecule has 5 rings (SSSR count). The lowest BCUT2D eigenvalue weighted by Gasteiger charge is -2.25. The molecular formula is C26H23F2N5O4. The molecule has 0 atom stereocenters. The molecule has 4 heterocycles. The lowest BCUT2D eigenvalue weighted by Crippen LogP contribution is -2.28. The molecule has 0 saturated carbocycles. The molecule has 0 bridgehead atoms. The van der Waals surface area contributed by atoms with Crippen LogP contribution in [-0.2, 0) is 4.74 Å². The summed E-state index contributed by atoms with van der Waals surface area (Å²) < 4.78 is 33.3. The molecule has 37 heavy (non-hydrogen) atoms. The summed E-state index contributed by atoms with van der Waals surface area (Å²) in [5, 5.41) is 0.564. The fraction of sp³-hybridized carbons (Fsp3) is 0.269. The van der Waals surface area contributed by atoms with Crippen molar-refractivity contribution in [3.05, 3.63) is 64.1 Å². The third-order valence-corrected chi connectivity index (χ3v) is 6.53. The molecule has 0 radical (unpaired) electrons. The minimum Gasteiger partial charge on any atom is -0.465 e. The summed E-state index contributed by atoms with van der Waals surface area (Å²) in [4.78, 5) is 52.0. The molecule has 1 amide bonds. The number of carbonyl (C=O) groups is 2. The van der Waals surface area contributed by atoms with Crippen molar-refractivity contribution in [3.8, 4) is 11.3 Å². The Hall–Kier alpha value is -4.41. The van der Waals surface area contributed by atoms with Crippen LogP contribution < -0.4 is 16.1 Å². The van der Waals surface area contributed by atoms with E-state index in [0.29, 0.717) is 28.8 Å². The van der Waals surface area contributed by atoms with Gasteiger partial charge in [-0.1, -0.05) is 18.2 Å². The summed E-state index contributed by atoms with van der Waals surface area (Å²) in [6, 6.07) is 10.5. The number of benzene rings is 1. The van der Waals surface area contributed by atoms with Crippen molar-refractivity contribution in [2.75, 3.05) is 25.1 Å². The van der Waals surface area contributed by atoms with E-state index < -0.39 is 23.2 Å². The number of nitrogens with two attached hydrogens (primary N) is 1. The Balaban J connectivity index is 1.84. The summed E-state index contributed by atoms with van der Waals surface area (Å²) in [6.45, 7) is 0.349. The van der Waals surface area contributed by atoms with Crippen molar-refractivity contribution >= 4 is 39.5 Å². The number of hydrogen-bond donors (Lipinski definition) is 2. The van der Waals surface area contributed by atoms with E-state index in [0.717, 1.165) is 7.11 Å². The molecule has 1 fully saturated rings. The van der Waals surface area contributed by atoms with Gasteiger partial charge in [0, 0.05) is 43.1 Å². The number of aromatic nitrogens is 3. The predicted octanol–water partition coefficient (Wildman–Crippen LogP) is 3.65. The maximum Gasteiger partial charge on any atom is 0.344 e. The zero-order valence-corrected chi connectivity index (χ0v) is 19.9. The number of anilines is 1. The molecule has 1 aliphatic heterocycles. The van der Waals surface area contributed by atoms with Gasteiger partial charge >= 0.3 is 5.97 Å². The van der Waals surface area contributed by atoms with Gasteiger partial charge in [0.15, 0.2) is 0 Å². The Labute approximate surface area is 209 Å². The van der Waals surface area contributed by atoms with Crippen LogP contribution in [0.4, 0.5) is 14.6 Å². The second-order valence-corrected chi connectivity index (χ2v) is 8.89. The van der Waals surface area contributed by atoms with Gasteiger partial charge in [0.05, 0.1) is 29.2 Å². The molecule has 0 aliphatic carbocycles. The van der Waals surface area contributed by atoms with Crippen LogP contribution >= 0.6 is 0 Å². The lowest BCUT2D eigenvalue weighted by atomic mass is 10.00. The Bertz CT molecular complexity index is 1620. The molecule has 11 heteroatoms. The summed E-state index contributed by atoms with van der Waals surface area (Å²) in [6.07, 6.45) is 0.964. The number of methoxy groups -OCH3 is 1. The Morgan fingerprint density at radius 3 is 2.70 bits per heavy atom. The molecule has 190 valence electrons. The molecular weight excluding hydrogens is 484 g/mol. The number of nitrogens with zero attached hydrogens (tertiary/aromatic N) is 3. The number of halogens is 2. The van der Waals surface area contributed by atoms with Crippen molar-refractivity contribution in [2.24, 2.45) is 5.73 Å². The molecule has 3 aromatic heterocycles. The number of aromatic amines is 1. The van der Waals surface area contributed by atoms with E-state index in [9.17, 15) is 23.2 Å². The lowest BCUT2D eigenvalue weighted by molar-refractivity contribution is -0.0102. The number of ether oxygens (including phenoxy) is 1. The number of H-pyrrole nitrogens is 1. The molecule has 1 aliphatic rings. The fourth-order valence-corrected chi connectivity index (χ4v) is 4.72. The normalized spacial score (nSPS) is 15.5. The molecule has 1 aromatic carbocycles. The number of alkyl halides is 2. The minimum atomic E-state index is -2.79. The Morgan fingerprint density at radius 2 is 1.95 bits per heavy atom. The summed E-state index contributed by atoms with van der Waals surface area (Å²) in [5.74, 6) is -4.32. The molecule has 0 spiro atoms. The quantitative estimate of drug-likeness (QED) is 0.403. The van der Waals surface area contributed by atoms with Crippen molar-refractivity contribution in [1.82, 2.24) is 15.0 Å². The van der Waals surface area contributed by atoms with E-state index >= 15 is 0 Å². The van der Waals surface area contributed by atoms with Gasteiger partial charge in [-0.3, -0.25) is 14.6 Å². The first-order valence-electron chi connectivity index (χ1n) is 11.7. The molecule has 4 aromatic rings. The van der Waals surface area contributed by atoms with Crippen LogP contribution in [0.3, 0.4) is 0 Å². The van der Waals surface area contributed by atoms with Gasteiger partial charge in [0.2, 0.25) is 11.4 Å². The standard InChI is InChI=1S/C26H23F2N5O4/c1-37-25(36)19-20(31-17-7-10-30-21(23(29)35)18(17)22(19)34)15-13-14-5-2-3-6-16(14)32-24(15)33-11-4-8-26(27,28)9-12-33/h2-3,5-7,10,13H,4,8-9,11-12H2,1H3,(H2,29,35)(H,31,34). The number of fused-ring (bicyclic) bond motifs is 2. The third-order valence-electron chi connectivity index (χ3n) is 6.53. The van der Waals surface area contributed by atoms with Gasteiger partial charge in [0.1, 0.15) is 17.1 Å². The molecule has 0 unspecified atom stereocenters. The van der Waals surface area contributed by atoms with E-state index in [1.807, 2.05) is 18.2 Å². The van der Waals surface area contributed by atoms with Gasteiger partial charge in [-0.05, 0) is 24.6 Å². The van der Waals surface area contributed by atoms with Crippen LogP contribution in [-0.4, -0.2) is 53.0 Å². The molecule has 9 nitrogen and oxygen atoms in total. The van der Waals surface area contributed by atoms with Crippen molar-refractivity contribution in [3.63, 3.8) is 0 Å². The van der Waals surface area contributed by atoms with Crippen LogP contribution in [0.1, 0.15) is 40.1 Å². The number of carbonyl (C=O) groups excluding carboxylic acids is 2. The summed E-state index contributed by atoms with van der Waals surface area (Å²) in [5.41, 5.74) is 5.28. The van der Waals surface area contributed by atoms with Crippen molar-refractivity contribution in [1.29, 1.82) is 0 Å². The zero-order valence-electron chi connectivity index (χ0n) is 19.9. The highest BCUT2D eigenvalue weighted by molar-refractivity contribution is 6.08. The van der Waals surface area contributed by atoms with E-state index in [1.54, 1.807) is 17.0 Å². The number of rotatable bonds is 4. The average Bonchev–Trinajstić information content (AvgIpc) is 3.07. The smallest absolute Gasteiger partial charge is 0.344 e. The van der Waals surface area contributed by atoms with E-state index in [-0.39, 0.29) is 53.7 Å². The highest BCUT2D eigenvalue weighted by Crippen LogP contribution is 2.37. The first kappa shape index (κ1) is 24.3. The number of amides is 1. The second-order valence-electron chi connectivity index (χ2n) is 8.89. The van der Waals surface area contributed by atoms with Gasteiger partial charge in [-0.2, -0.15) is 0 Å². The Kier molecular flexibility index (Phi) is 6.06. The average molecular weight is 507 g/mol. The molecule has 3 N–H and O–H groups in total. The van der Waals surface area contributed by atoms with Crippen LogP contribution in [0, 0.1) is 0 Å². The predicted molar refractivity (Wildman–Crippen MR) is 134 cm³/mol. The SMILES string of the molecule is COC(=O)c1c(-c2cc3ccccc3nc2N2CCCC(F)(F)CC2)[nH]c2ccnc(C(N)=O)c2c1=O. The number of pyridine rings is 3. The fourth-order valence-electron chi connectivity index (χ4n) is 4.72. The van der Waals surface area contributed by atoms with Crippen molar-refractivity contribution < 1.29 is 23.1 Å². The zero-order chi connectivity index (χ0) is 26.3. The van der Waals surface area contributed by atoms with Gasteiger partial charge in [-0.15, -0.1) is 0 Å². The number of nitrogens with one attached hydrogen (secondary N) is 1. The third kappa shape index (κ3) is 4.37. The maximum absolute atomic E-state index is 14.2. The summed E-state index contributed by atoms with van der Waals surface area (Å²) >= 11 is 0. The highest BCUT2D eigenvalue weighted by atomic mass is 19.3. The number of primary amides is 1. The Morgan fingerprint density at radius 1 is 1.16 bits per heavy atom. The van der Waals surface area contributed by atoms with E-state index in [4.69, 9.17) is 15.5 Å². The van der Waals surface area contributed by atoms with E-state index in [2.05, 4.69) is 9.97 Å². The summed E-state index contributed by atoms with van der Waals surface area (Å²) in [7, 11) is 1.13. The largest absolute Gasteiger partial charge is 0.465 e. The first-order chi connectivity index (χ1) is 17.7. The number of para-hydroxylation sites is 1. The number of esters is 1. The highest BCUT2D eigenvalue weighted by Gasteiger charge is 2.34. The molecule has 1 saturated heterocycles. The monoisotopic (exact) mass is 507 g/mol.